The second-order valence-electron chi connectivity index (χ2n) is 9.03. The molecule has 0 aliphatic carbocycles. The van der Waals surface area contributed by atoms with Crippen molar-refractivity contribution in [1.29, 1.82) is 0 Å². The molecular weight excluding hydrogens is 520 g/mol. The van der Waals surface area contributed by atoms with Gasteiger partial charge in [-0.05, 0) is 82.7 Å². The van der Waals surface area contributed by atoms with Crippen molar-refractivity contribution in [2.24, 2.45) is 0 Å². The molecule has 0 bridgehead atoms. The highest BCUT2D eigenvalue weighted by Gasteiger charge is 2.41. The van der Waals surface area contributed by atoms with E-state index in [2.05, 4.69) is 106 Å². The van der Waals surface area contributed by atoms with Gasteiger partial charge >= 0.3 is 0 Å². The molecule has 0 saturated heterocycles. The fourth-order valence-electron chi connectivity index (χ4n) is 4.75. The first-order valence-electron chi connectivity index (χ1n) is 12.3. The number of methoxy groups -OCH3 is 2. The summed E-state index contributed by atoms with van der Waals surface area (Å²) in [4.78, 5) is 3.70. The molecule has 4 rings (SSSR count). The zero-order valence-electron chi connectivity index (χ0n) is 21.1. The van der Waals surface area contributed by atoms with E-state index in [4.69, 9.17) is 9.47 Å². The molecule has 35 heavy (non-hydrogen) atoms. The van der Waals surface area contributed by atoms with Crippen molar-refractivity contribution in [1.82, 2.24) is 4.31 Å². The van der Waals surface area contributed by atoms with Gasteiger partial charge in [0.1, 0.15) is 11.5 Å². The molecule has 6 heteroatoms. The van der Waals surface area contributed by atoms with Crippen LogP contribution in [0.4, 0.5) is 11.4 Å². The van der Waals surface area contributed by atoms with Gasteiger partial charge in [-0.15, -0.1) is 0 Å². The van der Waals surface area contributed by atoms with Crippen LogP contribution in [0.1, 0.15) is 45.1 Å². The molecule has 0 aromatic heterocycles. The second-order valence-corrected chi connectivity index (χ2v) is 11.0. The van der Waals surface area contributed by atoms with E-state index >= 15 is 0 Å². The number of ether oxygens (including phenoxy) is 2. The molecule has 1 aliphatic rings. The lowest BCUT2D eigenvalue weighted by Gasteiger charge is -2.44. The van der Waals surface area contributed by atoms with Crippen LogP contribution < -0.4 is 14.4 Å². The zero-order valence-corrected chi connectivity index (χ0v) is 23.5. The highest BCUT2D eigenvalue weighted by molar-refractivity contribution is 9.10. The van der Waals surface area contributed by atoms with Gasteiger partial charge in [0, 0.05) is 24.3 Å². The molecule has 0 spiro atoms. The van der Waals surface area contributed by atoms with E-state index < -0.39 is 0 Å². The minimum Gasteiger partial charge on any atom is -0.497 e. The van der Waals surface area contributed by atoms with Gasteiger partial charge in [-0.2, -0.15) is 0 Å². The van der Waals surface area contributed by atoms with Crippen molar-refractivity contribution >= 4 is 39.3 Å². The lowest BCUT2D eigenvalue weighted by molar-refractivity contribution is 0.178. The summed E-state index contributed by atoms with van der Waals surface area (Å²) < 4.78 is 14.7. The van der Waals surface area contributed by atoms with Gasteiger partial charge in [0.15, 0.2) is 0 Å². The Morgan fingerprint density at radius 3 is 2.34 bits per heavy atom. The van der Waals surface area contributed by atoms with Gasteiger partial charge in [-0.25, -0.2) is 4.31 Å². The Kier molecular flexibility index (Phi) is 8.68. The number of nitrogens with zero attached hydrogens (tertiary/aromatic N) is 2. The number of fused-ring (bicyclic) bond motifs is 1. The van der Waals surface area contributed by atoms with E-state index in [1.165, 1.54) is 34.7 Å². The van der Waals surface area contributed by atoms with Crippen molar-refractivity contribution in [2.45, 2.75) is 56.5 Å². The van der Waals surface area contributed by atoms with E-state index in [0.717, 1.165) is 41.9 Å². The van der Waals surface area contributed by atoms with Crippen molar-refractivity contribution in [3.05, 3.63) is 76.8 Å². The minimum absolute atomic E-state index is 0.00478. The third-order valence-electron chi connectivity index (χ3n) is 6.92. The summed E-state index contributed by atoms with van der Waals surface area (Å²) in [5.41, 5.74) is 3.70. The smallest absolute Gasteiger partial charge is 0.134 e. The van der Waals surface area contributed by atoms with Crippen molar-refractivity contribution in [3.63, 3.8) is 0 Å². The average molecular weight is 556 g/mol. The Morgan fingerprint density at radius 2 is 1.71 bits per heavy atom. The first-order valence-corrected chi connectivity index (χ1v) is 13.9. The highest BCUT2D eigenvalue weighted by Crippen LogP contribution is 2.50. The summed E-state index contributed by atoms with van der Waals surface area (Å²) in [6.07, 6.45) is 4.57. The number of rotatable bonds is 9. The number of benzene rings is 3. The molecule has 1 aliphatic heterocycles. The maximum absolute atomic E-state index is 5.70. The van der Waals surface area contributed by atoms with Gasteiger partial charge in [-0.1, -0.05) is 57.0 Å². The Labute approximate surface area is 222 Å². The first kappa shape index (κ1) is 25.9. The molecule has 1 unspecified atom stereocenters. The Hall–Kier alpha value is -2.15. The molecule has 0 radical (unpaired) electrons. The van der Waals surface area contributed by atoms with Crippen molar-refractivity contribution < 1.29 is 9.47 Å². The largest absolute Gasteiger partial charge is 0.497 e. The molecule has 0 saturated carbocycles. The van der Waals surface area contributed by atoms with E-state index in [9.17, 15) is 0 Å². The minimum atomic E-state index is -0.00478. The third-order valence-corrected chi connectivity index (χ3v) is 8.80. The summed E-state index contributed by atoms with van der Waals surface area (Å²) in [5.74, 6) is 1.74. The number of unbranched alkanes of at least 4 members (excludes halogenated alkanes) is 1. The fourth-order valence-corrected chi connectivity index (χ4v) is 6.59. The Bertz CT molecular complexity index is 1110. The quantitative estimate of drug-likeness (QED) is 0.247. The predicted molar refractivity (Wildman–Crippen MR) is 151 cm³/mol. The zero-order chi connectivity index (χ0) is 24.8. The van der Waals surface area contributed by atoms with Crippen LogP contribution in [0.2, 0.25) is 0 Å². The van der Waals surface area contributed by atoms with Crippen LogP contribution >= 0.6 is 27.9 Å². The lowest BCUT2D eigenvalue weighted by atomic mass is 9.88. The van der Waals surface area contributed by atoms with Gasteiger partial charge in [0.05, 0.1) is 29.3 Å². The van der Waals surface area contributed by atoms with Gasteiger partial charge in [0.2, 0.25) is 0 Å². The SMILES string of the molecule is CCCCC1(CC)CN(c2ccccc2)c2cc(Br)c(OC)cc2SN1Cc1ccc(OC)cc1. The van der Waals surface area contributed by atoms with Crippen LogP contribution in [-0.2, 0) is 6.54 Å². The molecule has 3 aromatic carbocycles. The molecule has 0 fully saturated rings. The molecule has 186 valence electrons. The van der Waals surface area contributed by atoms with Crippen LogP contribution in [0.3, 0.4) is 0 Å². The van der Waals surface area contributed by atoms with E-state index in [1.54, 1.807) is 14.2 Å². The average Bonchev–Trinajstić information content (AvgIpc) is 3.02. The van der Waals surface area contributed by atoms with Gasteiger partial charge in [-0.3, -0.25) is 0 Å². The maximum atomic E-state index is 5.70. The summed E-state index contributed by atoms with van der Waals surface area (Å²) in [5, 5.41) is 0. The van der Waals surface area contributed by atoms with Gasteiger partial charge < -0.3 is 14.4 Å². The number of hydrogen-bond acceptors (Lipinski definition) is 5. The second kappa shape index (κ2) is 11.7. The monoisotopic (exact) mass is 554 g/mol. The van der Waals surface area contributed by atoms with Crippen LogP contribution in [0.5, 0.6) is 11.5 Å². The van der Waals surface area contributed by atoms with Crippen LogP contribution in [0.25, 0.3) is 0 Å². The molecule has 0 N–H and O–H groups in total. The summed E-state index contributed by atoms with van der Waals surface area (Å²) in [6, 6.07) is 23.6. The van der Waals surface area contributed by atoms with E-state index in [0.29, 0.717) is 0 Å². The van der Waals surface area contributed by atoms with Crippen molar-refractivity contribution in [2.75, 3.05) is 25.7 Å². The van der Waals surface area contributed by atoms with Crippen LogP contribution in [0, 0.1) is 0 Å². The third kappa shape index (κ3) is 5.65. The molecule has 1 atom stereocenters. The Morgan fingerprint density at radius 1 is 0.971 bits per heavy atom. The first-order chi connectivity index (χ1) is 17.0. The topological polar surface area (TPSA) is 24.9 Å². The molecule has 3 aromatic rings. The molecule has 1 heterocycles. The molecule has 0 amide bonds. The van der Waals surface area contributed by atoms with Crippen LogP contribution in [-0.4, -0.2) is 30.6 Å². The summed E-state index contributed by atoms with van der Waals surface area (Å²) in [6.45, 7) is 6.40. The normalized spacial score (nSPS) is 18.1. The predicted octanol–water partition coefficient (Wildman–Crippen LogP) is 8.47. The Balaban J connectivity index is 1.84. The molecule has 4 nitrogen and oxygen atoms in total. The van der Waals surface area contributed by atoms with Crippen LogP contribution in [0.15, 0.2) is 76.1 Å². The van der Waals surface area contributed by atoms with Gasteiger partial charge in [0.25, 0.3) is 0 Å². The number of hydrogen-bond donors (Lipinski definition) is 0. The number of anilines is 2. The molecular formula is C29H35BrN2O2S. The maximum Gasteiger partial charge on any atom is 0.134 e. The summed E-state index contributed by atoms with van der Waals surface area (Å²) in [7, 11) is 3.45. The number of para-hydroxylation sites is 1. The fraction of sp³-hybridized carbons (Fsp3) is 0.379. The summed E-state index contributed by atoms with van der Waals surface area (Å²) >= 11 is 5.61. The standard InChI is InChI=1S/C29H35BrN2O2S/c1-5-7-17-29(6-2)21-31(23-11-9-8-10-12-23)26-18-25(30)27(34-4)19-28(26)35-32(29)20-22-13-15-24(33-3)16-14-22/h8-16,18-19H,5-7,17,20-21H2,1-4H3. The van der Waals surface area contributed by atoms with E-state index in [-0.39, 0.29) is 5.54 Å². The highest BCUT2D eigenvalue weighted by atomic mass is 79.9. The number of halogens is 1. The van der Waals surface area contributed by atoms with E-state index in [1.807, 2.05) is 11.9 Å². The lowest BCUT2D eigenvalue weighted by Crippen LogP contribution is -2.50. The van der Waals surface area contributed by atoms with Crippen molar-refractivity contribution in [3.8, 4) is 11.5 Å².